The number of hydrogen-bond donors (Lipinski definition) is 1. The molecule has 2 aromatic rings. The van der Waals surface area contributed by atoms with Crippen LogP contribution in [0.2, 0.25) is 0 Å². The Kier molecular flexibility index (Phi) is 2.60. The molecule has 6 nitrogen and oxygen atoms in total. The molecule has 6 heteroatoms. The van der Waals surface area contributed by atoms with E-state index in [0.29, 0.717) is 17.7 Å². The maximum Gasteiger partial charge on any atom is 0.155 e. The van der Waals surface area contributed by atoms with Gasteiger partial charge in [0.25, 0.3) is 0 Å². The number of rotatable bonds is 3. The fraction of sp³-hybridized carbons (Fsp3) is 0.412. The van der Waals surface area contributed by atoms with Gasteiger partial charge in [0.05, 0.1) is 17.6 Å². The van der Waals surface area contributed by atoms with Crippen molar-refractivity contribution in [1.82, 2.24) is 15.2 Å². The van der Waals surface area contributed by atoms with E-state index in [0.717, 1.165) is 22.8 Å². The molecule has 1 unspecified atom stereocenters. The Bertz CT molecular complexity index is 818. The Balaban J connectivity index is 1.55. The van der Waals surface area contributed by atoms with Crippen LogP contribution in [-0.4, -0.2) is 21.2 Å². The molecular weight excluding hydrogens is 288 g/mol. The van der Waals surface area contributed by atoms with E-state index >= 15 is 0 Å². The molecule has 0 bridgehead atoms. The quantitative estimate of drug-likeness (QED) is 0.939. The number of pyridine rings is 1. The van der Waals surface area contributed by atoms with Crippen LogP contribution < -0.4 is 10.2 Å². The molecule has 0 amide bonds. The van der Waals surface area contributed by atoms with E-state index < -0.39 is 0 Å². The molecule has 2 saturated carbocycles. The van der Waals surface area contributed by atoms with Crippen LogP contribution in [0.5, 0.6) is 0 Å². The predicted octanol–water partition coefficient (Wildman–Crippen LogP) is 2.71. The maximum absolute atomic E-state index is 9.13. The molecular formula is C17H16N6. The van der Waals surface area contributed by atoms with Gasteiger partial charge < -0.3 is 10.2 Å². The minimum atomic E-state index is 0.0342. The second kappa shape index (κ2) is 4.66. The average molecular weight is 304 g/mol. The zero-order valence-corrected chi connectivity index (χ0v) is 12.6. The minimum Gasteiger partial charge on any atom is -0.358 e. The molecule has 23 heavy (non-hydrogen) atoms. The number of nitrogens with zero attached hydrogens (tertiary/aromatic N) is 5. The van der Waals surface area contributed by atoms with Gasteiger partial charge in [-0.05, 0) is 43.9 Å². The van der Waals surface area contributed by atoms with Crippen LogP contribution in [0, 0.1) is 11.3 Å². The molecule has 2 fully saturated rings. The highest BCUT2D eigenvalue weighted by atomic mass is 15.4. The van der Waals surface area contributed by atoms with Crippen molar-refractivity contribution < 1.29 is 0 Å². The summed E-state index contributed by atoms with van der Waals surface area (Å²) in [6.45, 7) is 0. The molecule has 5 rings (SSSR count). The summed E-state index contributed by atoms with van der Waals surface area (Å²) in [6, 6.07) is 8.52. The lowest BCUT2D eigenvalue weighted by molar-refractivity contribution is 0.690. The van der Waals surface area contributed by atoms with E-state index in [2.05, 4.69) is 37.5 Å². The van der Waals surface area contributed by atoms with Crippen molar-refractivity contribution in [3.63, 3.8) is 0 Å². The molecule has 3 heterocycles. The van der Waals surface area contributed by atoms with Crippen LogP contribution >= 0.6 is 0 Å². The molecule has 1 aliphatic heterocycles. The van der Waals surface area contributed by atoms with Gasteiger partial charge in [-0.15, -0.1) is 0 Å². The first-order valence-electron chi connectivity index (χ1n) is 8.12. The zero-order valence-electron chi connectivity index (χ0n) is 12.6. The lowest BCUT2D eigenvalue weighted by Gasteiger charge is -2.26. The monoisotopic (exact) mass is 304 g/mol. The predicted molar refractivity (Wildman–Crippen MR) is 84.8 cm³/mol. The second-order valence-electron chi connectivity index (χ2n) is 6.55. The molecule has 0 aromatic carbocycles. The van der Waals surface area contributed by atoms with Crippen molar-refractivity contribution in [2.24, 2.45) is 0 Å². The lowest BCUT2D eigenvalue weighted by Crippen LogP contribution is -2.30. The number of aromatic nitrogens is 3. The Labute approximate surface area is 134 Å². The first-order chi connectivity index (χ1) is 11.3. The SMILES string of the molecule is N#Cc1ccc2c(n1)N(C1CC1)C(c1cnnc(C3CC3)c1)N2. The number of anilines is 2. The molecule has 0 spiro atoms. The van der Waals surface area contributed by atoms with E-state index in [1.54, 1.807) is 6.07 Å². The van der Waals surface area contributed by atoms with Crippen LogP contribution in [0.3, 0.4) is 0 Å². The zero-order chi connectivity index (χ0) is 15.4. The van der Waals surface area contributed by atoms with Crippen molar-refractivity contribution in [3.05, 3.63) is 41.3 Å². The van der Waals surface area contributed by atoms with Crippen molar-refractivity contribution in [2.75, 3.05) is 10.2 Å². The van der Waals surface area contributed by atoms with Crippen molar-refractivity contribution in [3.8, 4) is 6.07 Å². The highest BCUT2D eigenvalue weighted by molar-refractivity contribution is 5.74. The molecule has 2 aromatic heterocycles. The van der Waals surface area contributed by atoms with E-state index in [1.165, 1.54) is 25.7 Å². The van der Waals surface area contributed by atoms with Crippen LogP contribution in [-0.2, 0) is 0 Å². The van der Waals surface area contributed by atoms with Crippen molar-refractivity contribution in [1.29, 1.82) is 5.26 Å². The molecule has 1 atom stereocenters. The van der Waals surface area contributed by atoms with E-state index in [-0.39, 0.29) is 6.17 Å². The summed E-state index contributed by atoms with van der Waals surface area (Å²) >= 11 is 0. The third-order valence-electron chi connectivity index (χ3n) is 4.75. The third kappa shape index (κ3) is 2.12. The van der Waals surface area contributed by atoms with Gasteiger partial charge in [-0.25, -0.2) is 4.98 Å². The van der Waals surface area contributed by atoms with Gasteiger partial charge >= 0.3 is 0 Å². The summed E-state index contributed by atoms with van der Waals surface area (Å²) in [6.07, 6.45) is 6.66. The fourth-order valence-corrected chi connectivity index (χ4v) is 3.27. The average Bonchev–Trinajstić information content (AvgIpc) is 3.50. The normalized spacial score (nSPS) is 22.4. The van der Waals surface area contributed by atoms with Gasteiger partial charge in [0, 0.05) is 17.5 Å². The smallest absolute Gasteiger partial charge is 0.155 e. The third-order valence-corrected chi connectivity index (χ3v) is 4.75. The molecule has 1 N–H and O–H groups in total. The Morgan fingerprint density at radius 2 is 2.09 bits per heavy atom. The largest absolute Gasteiger partial charge is 0.358 e. The van der Waals surface area contributed by atoms with Gasteiger partial charge in [0.15, 0.2) is 5.82 Å². The van der Waals surface area contributed by atoms with Crippen LogP contribution in [0.15, 0.2) is 24.4 Å². The minimum absolute atomic E-state index is 0.0342. The first kappa shape index (κ1) is 12.8. The highest BCUT2D eigenvalue weighted by Gasteiger charge is 2.41. The summed E-state index contributed by atoms with van der Waals surface area (Å²) in [7, 11) is 0. The number of fused-ring (bicyclic) bond motifs is 1. The summed E-state index contributed by atoms with van der Waals surface area (Å²) < 4.78 is 0. The van der Waals surface area contributed by atoms with Crippen molar-refractivity contribution >= 4 is 11.5 Å². The Hall–Kier alpha value is -2.68. The van der Waals surface area contributed by atoms with E-state index in [1.807, 2.05) is 12.3 Å². The summed E-state index contributed by atoms with van der Waals surface area (Å²) in [5.41, 5.74) is 3.68. The van der Waals surface area contributed by atoms with Crippen LogP contribution in [0.25, 0.3) is 0 Å². The standard InChI is InChI=1S/C17H16N6/c18-8-12-3-6-14-17(20-12)23(13-4-5-13)16(21-14)11-7-15(10-1-2-10)22-19-9-11/h3,6-7,9-10,13,16,21H,1-2,4-5H2. The summed E-state index contributed by atoms with van der Waals surface area (Å²) in [4.78, 5) is 6.84. The van der Waals surface area contributed by atoms with Gasteiger partial charge in [0.2, 0.25) is 0 Å². The van der Waals surface area contributed by atoms with Gasteiger partial charge in [-0.1, -0.05) is 0 Å². The van der Waals surface area contributed by atoms with E-state index in [9.17, 15) is 0 Å². The number of nitrogens with one attached hydrogen (secondary N) is 1. The summed E-state index contributed by atoms with van der Waals surface area (Å²) in [5.74, 6) is 1.48. The van der Waals surface area contributed by atoms with Gasteiger partial charge in [0.1, 0.15) is 17.9 Å². The number of hydrogen-bond acceptors (Lipinski definition) is 6. The summed E-state index contributed by atoms with van der Waals surface area (Å²) in [5, 5.41) is 21.2. The Morgan fingerprint density at radius 1 is 1.22 bits per heavy atom. The molecule has 3 aliphatic rings. The highest BCUT2D eigenvalue weighted by Crippen LogP contribution is 2.47. The van der Waals surface area contributed by atoms with Gasteiger partial charge in [-0.3, -0.25) is 0 Å². The second-order valence-corrected chi connectivity index (χ2v) is 6.55. The molecule has 0 radical (unpaired) electrons. The molecule has 2 aliphatic carbocycles. The number of nitriles is 1. The molecule has 0 saturated heterocycles. The Morgan fingerprint density at radius 3 is 2.83 bits per heavy atom. The van der Waals surface area contributed by atoms with Crippen molar-refractivity contribution in [2.45, 2.75) is 43.8 Å². The van der Waals surface area contributed by atoms with E-state index in [4.69, 9.17) is 5.26 Å². The first-order valence-corrected chi connectivity index (χ1v) is 8.12. The van der Waals surface area contributed by atoms with Crippen LogP contribution in [0.4, 0.5) is 11.5 Å². The maximum atomic E-state index is 9.13. The fourth-order valence-electron chi connectivity index (χ4n) is 3.27. The molecule has 114 valence electrons. The van der Waals surface area contributed by atoms with Gasteiger partial charge in [-0.2, -0.15) is 15.5 Å². The topological polar surface area (TPSA) is 77.7 Å². The lowest BCUT2D eigenvalue weighted by atomic mass is 10.1. The van der Waals surface area contributed by atoms with Crippen LogP contribution in [0.1, 0.15) is 54.7 Å².